The van der Waals surface area contributed by atoms with Crippen LogP contribution < -0.4 is 0 Å². The van der Waals surface area contributed by atoms with E-state index in [0.29, 0.717) is 5.95 Å². The molecule has 12 rings (SSSR count). The number of para-hydroxylation sites is 1. The van der Waals surface area contributed by atoms with Gasteiger partial charge in [0.15, 0.2) is 0 Å². The average Bonchev–Trinajstić information content (AvgIpc) is 3.73. The van der Waals surface area contributed by atoms with E-state index >= 15 is 0 Å². The molecule has 0 spiro atoms. The van der Waals surface area contributed by atoms with E-state index in [1.54, 1.807) is 0 Å². The van der Waals surface area contributed by atoms with Crippen molar-refractivity contribution in [2.24, 2.45) is 0 Å². The summed E-state index contributed by atoms with van der Waals surface area (Å²) in [4.78, 5) is 11.1. The Hall–Kier alpha value is -7.10. The van der Waals surface area contributed by atoms with Gasteiger partial charge in [0, 0.05) is 38.1 Å². The summed E-state index contributed by atoms with van der Waals surface area (Å²) in [6.45, 7) is 9.00. The zero-order valence-corrected chi connectivity index (χ0v) is 33.8. The van der Waals surface area contributed by atoms with Crippen LogP contribution in [0.1, 0.15) is 45.2 Å². The molecule has 59 heavy (non-hydrogen) atoms. The quantitative estimate of drug-likeness (QED) is 0.168. The van der Waals surface area contributed by atoms with Crippen LogP contribution in [0.15, 0.2) is 176 Å². The van der Waals surface area contributed by atoms with Gasteiger partial charge in [-0.25, -0.2) is 9.97 Å². The number of rotatable bonds is 3. The molecule has 0 bridgehead atoms. The summed E-state index contributed by atoms with van der Waals surface area (Å²) < 4.78 is 2.33. The Labute approximate surface area is 344 Å². The fourth-order valence-electron chi connectivity index (χ4n) is 9.63. The van der Waals surface area contributed by atoms with Crippen molar-refractivity contribution in [3.8, 4) is 39.5 Å². The molecule has 3 heteroatoms. The van der Waals surface area contributed by atoms with E-state index in [4.69, 9.17) is 9.97 Å². The van der Waals surface area contributed by atoms with Crippen LogP contribution in [0.5, 0.6) is 0 Å². The van der Waals surface area contributed by atoms with Gasteiger partial charge in [-0.3, -0.25) is 4.57 Å². The molecular formula is C56H43N3. The Balaban J connectivity index is 0.00000129. The van der Waals surface area contributed by atoms with Crippen molar-refractivity contribution in [1.29, 1.82) is 0 Å². The van der Waals surface area contributed by atoms with Crippen molar-refractivity contribution < 1.29 is 0 Å². The summed E-state index contributed by atoms with van der Waals surface area (Å²) in [5.41, 5.74) is 12.7. The van der Waals surface area contributed by atoms with E-state index < -0.39 is 0 Å². The lowest BCUT2D eigenvalue weighted by atomic mass is 9.81. The summed E-state index contributed by atoms with van der Waals surface area (Å²) >= 11 is 0. The molecule has 0 radical (unpaired) electrons. The lowest BCUT2D eigenvalue weighted by molar-refractivity contribution is 0.661. The van der Waals surface area contributed by atoms with Crippen LogP contribution in [0.3, 0.4) is 0 Å². The summed E-state index contributed by atoms with van der Waals surface area (Å²) in [6, 6.07) is 64.0. The standard InChI is InChI=1S/C53H35N3.C3H8/c1-53(2)45-28-25-32-13-8-10-19-38(32)48(45)42-26-24-37(30-46(42)53)40-21-12-22-41-44-29-35-17-6-7-18-36(35)31-47(44)56(51(40)41)52-54-49(34-15-4-3-5-16-34)43-27-23-33-14-9-11-20-39(33)50(43)55-52;1-3-2/h3-31H,1-2H3;3H2,1-2H3. The van der Waals surface area contributed by atoms with Gasteiger partial charge in [0.2, 0.25) is 5.95 Å². The number of hydrogen-bond acceptors (Lipinski definition) is 2. The first-order chi connectivity index (χ1) is 28.9. The summed E-state index contributed by atoms with van der Waals surface area (Å²) in [7, 11) is 0. The van der Waals surface area contributed by atoms with Gasteiger partial charge >= 0.3 is 0 Å². The van der Waals surface area contributed by atoms with Crippen LogP contribution in [0.4, 0.5) is 0 Å². The van der Waals surface area contributed by atoms with E-state index in [9.17, 15) is 0 Å². The molecule has 0 N–H and O–H groups in total. The molecular weight excluding hydrogens is 715 g/mol. The van der Waals surface area contributed by atoms with Gasteiger partial charge < -0.3 is 0 Å². The Morgan fingerprint density at radius 1 is 0.458 bits per heavy atom. The summed E-state index contributed by atoms with van der Waals surface area (Å²) in [5.74, 6) is 0.663. The minimum Gasteiger partial charge on any atom is -0.277 e. The minimum atomic E-state index is -0.157. The lowest BCUT2D eigenvalue weighted by Gasteiger charge is -2.22. The van der Waals surface area contributed by atoms with Gasteiger partial charge in [0.1, 0.15) is 0 Å². The van der Waals surface area contributed by atoms with Crippen molar-refractivity contribution in [3.05, 3.63) is 187 Å². The molecule has 0 saturated carbocycles. The first-order valence-corrected chi connectivity index (χ1v) is 20.8. The predicted octanol–water partition coefficient (Wildman–Crippen LogP) is 15.2. The second-order valence-electron chi connectivity index (χ2n) is 16.5. The zero-order chi connectivity index (χ0) is 39.8. The largest absolute Gasteiger partial charge is 0.277 e. The third-order valence-electron chi connectivity index (χ3n) is 12.4. The molecule has 0 fully saturated rings. The van der Waals surface area contributed by atoms with Crippen molar-refractivity contribution in [2.45, 2.75) is 39.5 Å². The topological polar surface area (TPSA) is 30.7 Å². The van der Waals surface area contributed by atoms with Crippen molar-refractivity contribution in [2.75, 3.05) is 0 Å². The van der Waals surface area contributed by atoms with Crippen molar-refractivity contribution >= 4 is 65.0 Å². The second-order valence-corrected chi connectivity index (χ2v) is 16.5. The van der Waals surface area contributed by atoms with Crippen molar-refractivity contribution in [1.82, 2.24) is 14.5 Å². The first kappa shape index (κ1) is 35.1. The molecule has 2 heterocycles. The van der Waals surface area contributed by atoms with Crippen LogP contribution in [0, 0.1) is 0 Å². The number of fused-ring (bicyclic) bond motifs is 12. The number of nitrogens with zero attached hydrogens (tertiary/aromatic N) is 3. The molecule has 0 aliphatic heterocycles. The number of hydrogen-bond donors (Lipinski definition) is 0. The predicted molar refractivity (Wildman–Crippen MR) is 251 cm³/mol. The van der Waals surface area contributed by atoms with Crippen LogP contribution in [0.25, 0.3) is 104 Å². The molecule has 0 amide bonds. The molecule has 2 aromatic heterocycles. The van der Waals surface area contributed by atoms with Crippen LogP contribution in [-0.2, 0) is 5.41 Å². The normalized spacial score (nSPS) is 12.9. The Kier molecular flexibility index (Phi) is 8.03. The van der Waals surface area contributed by atoms with Gasteiger partial charge in [0.25, 0.3) is 0 Å². The SMILES string of the molecule is CC1(C)c2cc(-c3cccc4c5cc6ccccc6cc5n(-c5nc(-c6ccccc6)c6ccc7ccccc7c6n5)c34)ccc2-c2c1ccc1ccccc21.CCC. The maximum absolute atomic E-state index is 5.54. The van der Waals surface area contributed by atoms with Gasteiger partial charge in [-0.1, -0.05) is 186 Å². The average molecular weight is 758 g/mol. The van der Waals surface area contributed by atoms with Gasteiger partial charge in [-0.2, -0.15) is 0 Å². The highest BCUT2D eigenvalue weighted by atomic mass is 15.2. The third kappa shape index (κ3) is 5.35. The molecule has 1 aliphatic rings. The maximum atomic E-state index is 5.54. The highest BCUT2D eigenvalue weighted by Crippen LogP contribution is 2.52. The molecule has 0 atom stereocenters. The lowest BCUT2D eigenvalue weighted by Crippen LogP contribution is -2.15. The Morgan fingerprint density at radius 2 is 1.10 bits per heavy atom. The third-order valence-corrected chi connectivity index (χ3v) is 12.4. The Bertz CT molecular complexity index is 3460. The summed E-state index contributed by atoms with van der Waals surface area (Å²) in [5, 5.41) is 10.7. The molecule has 282 valence electrons. The van der Waals surface area contributed by atoms with Crippen LogP contribution >= 0.6 is 0 Å². The minimum absolute atomic E-state index is 0.157. The maximum Gasteiger partial charge on any atom is 0.235 e. The smallest absolute Gasteiger partial charge is 0.235 e. The molecule has 0 saturated heterocycles. The van der Waals surface area contributed by atoms with Crippen LogP contribution in [0.2, 0.25) is 0 Å². The molecule has 3 nitrogen and oxygen atoms in total. The number of aromatic nitrogens is 3. The van der Waals surface area contributed by atoms with E-state index in [2.05, 4.69) is 208 Å². The monoisotopic (exact) mass is 757 g/mol. The zero-order valence-electron chi connectivity index (χ0n) is 33.8. The number of benzene rings is 9. The van der Waals surface area contributed by atoms with Crippen LogP contribution in [-0.4, -0.2) is 14.5 Å². The van der Waals surface area contributed by atoms with E-state index in [0.717, 1.165) is 49.5 Å². The van der Waals surface area contributed by atoms with Gasteiger partial charge in [0.05, 0.1) is 22.2 Å². The first-order valence-electron chi connectivity index (χ1n) is 20.8. The van der Waals surface area contributed by atoms with Gasteiger partial charge in [-0.15, -0.1) is 0 Å². The van der Waals surface area contributed by atoms with E-state index in [-0.39, 0.29) is 5.41 Å². The summed E-state index contributed by atoms with van der Waals surface area (Å²) in [6.07, 6.45) is 1.25. The Morgan fingerprint density at radius 3 is 1.88 bits per heavy atom. The highest BCUT2D eigenvalue weighted by Gasteiger charge is 2.37. The van der Waals surface area contributed by atoms with Crippen molar-refractivity contribution in [3.63, 3.8) is 0 Å². The highest BCUT2D eigenvalue weighted by molar-refractivity contribution is 6.17. The molecule has 1 aliphatic carbocycles. The fraction of sp³-hybridized carbons (Fsp3) is 0.107. The fourth-order valence-corrected chi connectivity index (χ4v) is 9.63. The van der Waals surface area contributed by atoms with E-state index in [1.165, 1.54) is 66.6 Å². The van der Waals surface area contributed by atoms with Gasteiger partial charge in [-0.05, 0) is 79.0 Å². The van der Waals surface area contributed by atoms with E-state index in [1.807, 2.05) is 0 Å². The second kappa shape index (κ2) is 13.5. The molecule has 11 aromatic rings. The molecule has 0 unspecified atom stereocenters. The molecule has 9 aromatic carbocycles.